The third kappa shape index (κ3) is 4.58. The number of benzene rings is 1. The summed E-state index contributed by atoms with van der Waals surface area (Å²) >= 11 is 1.19. The molecular weight excluding hydrogens is 182 g/mol. The number of primary amides is 1. The molecule has 1 aromatic rings. The minimum absolute atomic E-state index is 0.284. The van der Waals surface area contributed by atoms with E-state index in [0.29, 0.717) is 0 Å². The van der Waals surface area contributed by atoms with Crippen molar-refractivity contribution in [2.24, 2.45) is 5.73 Å². The van der Waals surface area contributed by atoms with Crippen LogP contribution in [-0.2, 0) is 6.42 Å². The number of hydrogen-bond donors (Lipinski definition) is 1. The molecular formula is C10H13NOS. The van der Waals surface area contributed by atoms with Gasteiger partial charge in [-0.25, -0.2) is 0 Å². The highest BCUT2D eigenvalue weighted by molar-refractivity contribution is 8.13. The van der Waals surface area contributed by atoms with Crippen molar-refractivity contribution in [3.05, 3.63) is 35.9 Å². The van der Waals surface area contributed by atoms with Crippen molar-refractivity contribution in [2.75, 3.05) is 5.75 Å². The predicted octanol–water partition coefficient (Wildman–Crippen LogP) is 2.43. The summed E-state index contributed by atoms with van der Waals surface area (Å²) in [6, 6.07) is 10.2. The lowest BCUT2D eigenvalue weighted by Gasteiger charge is -1.98. The Kier molecular flexibility index (Phi) is 4.40. The maximum atomic E-state index is 10.4. The minimum Gasteiger partial charge on any atom is -0.361 e. The van der Waals surface area contributed by atoms with Gasteiger partial charge in [-0.15, -0.1) is 0 Å². The van der Waals surface area contributed by atoms with Crippen LogP contribution in [0.4, 0.5) is 4.79 Å². The third-order valence-corrected chi connectivity index (χ3v) is 2.47. The molecule has 0 aliphatic carbocycles. The van der Waals surface area contributed by atoms with Crippen molar-refractivity contribution >= 4 is 17.0 Å². The van der Waals surface area contributed by atoms with Crippen LogP contribution in [0.15, 0.2) is 30.3 Å². The molecule has 0 saturated heterocycles. The van der Waals surface area contributed by atoms with Crippen LogP contribution in [-0.4, -0.2) is 11.0 Å². The van der Waals surface area contributed by atoms with Gasteiger partial charge in [0.2, 0.25) is 0 Å². The third-order valence-electron chi connectivity index (χ3n) is 1.70. The van der Waals surface area contributed by atoms with Gasteiger partial charge in [0.25, 0.3) is 5.24 Å². The summed E-state index contributed by atoms with van der Waals surface area (Å²) in [6.07, 6.45) is 2.01. The van der Waals surface area contributed by atoms with Crippen molar-refractivity contribution in [2.45, 2.75) is 12.8 Å². The number of rotatable bonds is 4. The van der Waals surface area contributed by atoms with Crippen LogP contribution in [0, 0.1) is 0 Å². The molecule has 0 aliphatic rings. The summed E-state index contributed by atoms with van der Waals surface area (Å²) in [7, 11) is 0. The second-order valence-electron chi connectivity index (χ2n) is 2.76. The number of thioether (sulfide) groups is 1. The largest absolute Gasteiger partial charge is 0.361 e. The highest BCUT2D eigenvalue weighted by atomic mass is 32.2. The fraction of sp³-hybridized carbons (Fsp3) is 0.300. The number of carbonyl (C=O) groups excluding carboxylic acids is 1. The Labute approximate surface area is 82.5 Å². The fourth-order valence-electron chi connectivity index (χ4n) is 1.09. The Morgan fingerprint density at radius 2 is 2.00 bits per heavy atom. The number of carbonyl (C=O) groups is 1. The summed E-state index contributed by atoms with van der Waals surface area (Å²) in [4.78, 5) is 10.4. The van der Waals surface area contributed by atoms with E-state index in [1.54, 1.807) is 0 Å². The first-order valence-electron chi connectivity index (χ1n) is 4.25. The van der Waals surface area contributed by atoms with Gasteiger partial charge in [0, 0.05) is 5.75 Å². The first-order valence-corrected chi connectivity index (χ1v) is 5.24. The number of hydrogen-bond acceptors (Lipinski definition) is 2. The van der Waals surface area contributed by atoms with Gasteiger partial charge in [-0.3, -0.25) is 4.79 Å². The molecule has 1 rings (SSSR count). The van der Waals surface area contributed by atoms with Gasteiger partial charge in [0.05, 0.1) is 0 Å². The summed E-state index contributed by atoms with van der Waals surface area (Å²) in [5, 5.41) is -0.284. The maximum Gasteiger partial charge on any atom is 0.276 e. The van der Waals surface area contributed by atoms with Gasteiger partial charge < -0.3 is 5.73 Å². The van der Waals surface area contributed by atoms with Crippen LogP contribution in [0.2, 0.25) is 0 Å². The SMILES string of the molecule is NC(=O)SCCCc1ccccc1. The topological polar surface area (TPSA) is 43.1 Å². The molecule has 0 spiro atoms. The second-order valence-corrected chi connectivity index (χ2v) is 3.86. The summed E-state index contributed by atoms with van der Waals surface area (Å²) in [5.74, 6) is 0.810. The lowest BCUT2D eigenvalue weighted by Crippen LogP contribution is -2.03. The van der Waals surface area contributed by atoms with Crippen molar-refractivity contribution in [3.63, 3.8) is 0 Å². The average molecular weight is 195 g/mol. The smallest absolute Gasteiger partial charge is 0.276 e. The van der Waals surface area contributed by atoms with Crippen LogP contribution in [0.25, 0.3) is 0 Å². The van der Waals surface area contributed by atoms with Crippen molar-refractivity contribution in [3.8, 4) is 0 Å². The fourth-order valence-corrected chi connectivity index (χ4v) is 1.58. The van der Waals surface area contributed by atoms with E-state index in [9.17, 15) is 4.79 Å². The summed E-state index contributed by atoms with van der Waals surface area (Å²) < 4.78 is 0. The molecule has 0 radical (unpaired) electrons. The van der Waals surface area contributed by atoms with Gasteiger partial charge in [-0.05, 0) is 18.4 Å². The zero-order chi connectivity index (χ0) is 9.52. The first-order chi connectivity index (χ1) is 6.29. The van der Waals surface area contributed by atoms with E-state index < -0.39 is 0 Å². The number of nitrogens with two attached hydrogens (primary N) is 1. The maximum absolute atomic E-state index is 10.4. The van der Waals surface area contributed by atoms with E-state index in [1.807, 2.05) is 18.2 Å². The van der Waals surface area contributed by atoms with Crippen molar-refractivity contribution < 1.29 is 4.79 Å². The lowest BCUT2D eigenvalue weighted by molar-refractivity contribution is 0.267. The van der Waals surface area contributed by atoms with Crippen molar-refractivity contribution in [1.29, 1.82) is 0 Å². The highest BCUT2D eigenvalue weighted by Gasteiger charge is 1.95. The molecule has 0 saturated carbocycles. The Bertz CT molecular complexity index is 261. The lowest BCUT2D eigenvalue weighted by atomic mass is 10.1. The van der Waals surface area contributed by atoms with E-state index in [2.05, 4.69) is 12.1 Å². The Morgan fingerprint density at radius 1 is 1.31 bits per heavy atom. The van der Waals surface area contributed by atoms with Gasteiger partial charge in [0.1, 0.15) is 0 Å². The molecule has 1 aromatic carbocycles. The Hall–Kier alpha value is -0.960. The molecule has 0 atom stereocenters. The minimum atomic E-state index is -0.284. The van der Waals surface area contributed by atoms with Gasteiger partial charge in [-0.2, -0.15) is 0 Å². The molecule has 3 heteroatoms. The standard InChI is InChI=1S/C10H13NOS/c11-10(12)13-8-4-7-9-5-2-1-3-6-9/h1-3,5-6H,4,7-8H2,(H2,11,12). The Balaban J connectivity index is 2.17. The molecule has 0 aliphatic heterocycles. The molecule has 0 heterocycles. The molecule has 0 fully saturated rings. The summed E-state index contributed by atoms with van der Waals surface area (Å²) in [6.45, 7) is 0. The molecule has 70 valence electrons. The van der Waals surface area contributed by atoms with E-state index in [1.165, 1.54) is 17.3 Å². The van der Waals surface area contributed by atoms with Crippen LogP contribution in [0.3, 0.4) is 0 Å². The summed E-state index contributed by atoms with van der Waals surface area (Å²) in [5.41, 5.74) is 6.31. The molecule has 2 nitrogen and oxygen atoms in total. The van der Waals surface area contributed by atoms with Crippen molar-refractivity contribution in [1.82, 2.24) is 0 Å². The number of aryl methyl sites for hydroxylation is 1. The van der Waals surface area contributed by atoms with Crippen LogP contribution in [0.1, 0.15) is 12.0 Å². The van der Waals surface area contributed by atoms with Gasteiger partial charge in [0.15, 0.2) is 0 Å². The Morgan fingerprint density at radius 3 is 2.62 bits per heavy atom. The molecule has 13 heavy (non-hydrogen) atoms. The van der Waals surface area contributed by atoms with E-state index >= 15 is 0 Å². The normalized spacial score (nSPS) is 9.85. The van der Waals surface area contributed by atoms with Crippen LogP contribution < -0.4 is 5.73 Å². The quantitative estimate of drug-likeness (QED) is 0.750. The van der Waals surface area contributed by atoms with Crippen LogP contribution in [0.5, 0.6) is 0 Å². The number of amides is 1. The van der Waals surface area contributed by atoms with E-state index in [-0.39, 0.29) is 5.24 Å². The zero-order valence-corrected chi connectivity index (χ0v) is 8.22. The van der Waals surface area contributed by atoms with Gasteiger partial charge >= 0.3 is 0 Å². The van der Waals surface area contributed by atoms with E-state index in [0.717, 1.165) is 18.6 Å². The average Bonchev–Trinajstić information content (AvgIpc) is 2.14. The molecule has 0 bridgehead atoms. The molecule has 0 unspecified atom stereocenters. The van der Waals surface area contributed by atoms with E-state index in [4.69, 9.17) is 5.73 Å². The zero-order valence-electron chi connectivity index (χ0n) is 7.40. The highest BCUT2D eigenvalue weighted by Crippen LogP contribution is 2.07. The van der Waals surface area contributed by atoms with Crippen LogP contribution >= 0.6 is 11.8 Å². The molecule has 0 aromatic heterocycles. The van der Waals surface area contributed by atoms with Gasteiger partial charge in [-0.1, -0.05) is 42.1 Å². The first kappa shape index (κ1) is 10.1. The monoisotopic (exact) mass is 195 g/mol. The molecule has 2 N–H and O–H groups in total. The molecule has 1 amide bonds. The second kappa shape index (κ2) is 5.65. The predicted molar refractivity (Wildman–Crippen MR) is 56.8 cm³/mol.